The van der Waals surface area contributed by atoms with Crippen molar-refractivity contribution in [1.82, 2.24) is 9.55 Å². The molecule has 3 aromatic rings. The lowest BCUT2D eigenvalue weighted by atomic mass is 9.89. The van der Waals surface area contributed by atoms with Crippen LogP contribution in [0.2, 0.25) is 0 Å². The van der Waals surface area contributed by atoms with Crippen LogP contribution in [0.15, 0.2) is 53.0 Å². The average molecular weight is 344 g/mol. The number of nitrogens with zero attached hydrogens (tertiary/aromatic N) is 2. The number of benzene rings is 2. The van der Waals surface area contributed by atoms with Gasteiger partial charge in [0.2, 0.25) is 0 Å². The quantitative estimate of drug-likeness (QED) is 0.786. The molecule has 0 amide bonds. The van der Waals surface area contributed by atoms with Gasteiger partial charge in [-0.3, -0.25) is 0 Å². The first kappa shape index (κ1) is 14.3. The number of hydrogen-bond donors (Lipinski definition) is 1. The third kappa shape index (κ3) is 2.61. The van der Waals surface area contributed by atoms with Gasteiger partial charge >= 0.3 is 0 Å². The highest BCUT2D eigenvalue weighted by molar-refractivity contribution is 9.10. The average Bonchev–Trinajstić information content (AvgIpc) is 2.76. The van der Waals surface area contributed by atoms with Gasteiger partial charge in [0.1, 0.15) is 5.82 Å². The number of nitrogens with two attached hydrogens (primary N) is 1. The van der Waals surface area contributed by atoms with E-state index in [1.165, 1.54) is 0 Å². The van der Waals surface area contributed by atoms with E-state index in [2.05, 4.69) is 32.6 Å². The predicted molar refractivity (Wildman–Crippen MR) is 90.1 cm³/mol. The molecule has 2 N–H and O–H groups in total. The summed E-state index contributed by atoms with van der Waals surface area (Å²) in [5.41, 5.74) is 9.34. The van der Waals surface area contributed by atoms with Crippen molar-refractivity contribution in [1.29, 1.82) is 0 Å². The van der Waals surface area contributed by atoms with Gasteiger partial charge in [0, 0.05) is 23.5 Å². The Balaban J connectivity index is 2.01. The fourth-order valence-electron chi connectivity index (χ4n) is 2.70. The van der Waals surface area contributed by atoms with Gasteiger partial charge in [0.05, 0.1) is 11.0 Å². The second kappa shape index (κ2) is 5.28. The fourth-order valence-corrected chi connectivity index (χ4v) is 3.44. The molecule has 3 nitrogen and oxygen atoms in total. The van der Waals surface area contributed by atoms with Crippen LogP contribution in [-0.2, 0) is 19.0 Å². The van der Waals surface area contributed by atoms with Crippen LogP contribution in [-0.4, -0.2) is 9.55 Å². The van der Waals surface area contributed by atoms with Crippen molar-refractivity contribution < 1.29 is 0 Å². The van der Waals surface area contributed by atoms with Crippen LogP contribution in [0.5, 0.6) is 0 Å². The summed E-state index contributed by atoms with van der Waals surface area (Å²) in [5, 5.41) is 0. The Morgan fingerprint density at radius 1 is 1.14 bits per heavy atom. The molecule has 3 rings (SSSR count). The SMILES string of the molecule is Cn1c(CC(C)(N)c2ccccc2Br)nc2ccccc21. The van der Waals surface area contributed by atoms with Crippen LogP contribution in [0, 0.1) is 0 Å². The zero-order valence-electron chi connectivity index (χ0n) is 12.2. The summed E-state index contributed by atoms with van der Waals surface area (Å²) >= 11 is 3.59. The van der Waals surface area contributed by atoms with Crippen molar-refractivity contribution in [2.45, 2.75) is 18.9 Å². The molecule has 1 aromatic heterocycles. The molecule has 0 aliphatic rings. The summed E-state index contributed by atoms with van der Waals surface area (Å²) in [7, 11) is 2.04. The normalized spacial score (nSPS) is 14.3. The van der Waals surface area contributed by atoms with Crippen molar-refractivity contribution in [2.24, 2.45) is 12.8 Å². The molecule has 2 aromatic carbocycles. The fraction of sp³-hybridized carbons (Fsp3) is 0.235. The third-order valence-corrected chi connectivity index (χ3v) is 4.59. The van der Waals surface area contributed by atoms with E-state index in [-0.39, 0.29) is 0 Å². The van der Waals surface area contributed by atoms with Crippen molar-refractivity contribution in [3.05, 3.63) is 64.4 Å². The molecule has 0 bridgehead atoms. The van der Waals surface area contributed by atoms with Crippen LogP contribution in [0.4, 0.5) is 0 Å². The number of imidazole rings is 1. The van der Waals surface area contributed by atoms with E-state index in [0.29, 0.717) is 6.42 Å². The van der Waals surface area contributed by atoms with Gasteiger partial charge in [-0.25, -0.2) is 4.98 Å². The number of para-hydroxylation sites is 2. The van der Waals surface area contributed by atoms with Crippen LogP contribution < -0.4 is 5.73 Å². The molecule has 0 fully saturated rings. The molecule has 4 heteroatoms. The predicted octanol–water partition coefficient (Wildman–Crippen LogP) is 3.75. The highest BCUT2D eigenvalue weighted by Gasteiger charge is 2.26. The van der Waals surface area contributed by atoms with Crippen LogP contribution in [0.25, 0.3) is 11.0 Å². The van der Waals surface area contributed by atoms with Gasteiger partial charge in [0.15, 0.2) is 0 Å². The Bertz CT molecular complexity index is 790. The van der Waals surface area contributed by atoms with Crippen molar-refractivity contribution in [2.75, 3.05) is 0 Å². The molecule has 0 radical (unpaired) electrons. The first-order valence-electron chi connectivity index (χ1n) is 6.93. The summed E-state index contributed by atoms with van der Waals surface area (Å²) in [6, 6.07) is 16.3. The molecule has 0 saturated carbocycles. The maximum Gasteiger partial charge on any atom is 0.111 e. The lowest BCUT2D eigenvalue weighted by molar-refractivity contribution is 0.470. The third-order valence-electron chi connectivity index (χ3n) is 3.89. The molecule has 1 unspecified atom stereocenters. The standard InChI is InChI=1S/C17H18BrN3/c1-17(19,12-7-3-4-8-13(12)18)11-16-20-14-9-5-6-10-15(14)21(16)2/h3-10H,11,19H2,1-2H3. The molecule has 1 atom stereocenters. The van der Waals surface area contributed by atoms with E-state index in [4.69, 9.17) is 10.7 Å². The Morgan fingerprint density at radius 2 is 1.81 bits per heavy atom. The zero-order chi connectivity index (χ0) is 15.0. The molecule has 21 heavy (non-hydrogen) atoms. The van der Waals surface area contributed by atoms with Gasteiger partial charge in [-0.2, -0.15) is 0 Å². The summed E-state index contributed by atoms with van der Waals surface area (Å²) in [4.78, 5) is 4.72. The van der Waals surface area contributed by atoms with Crippen molar-refractivity contribution >= 4 is 27.0 Å². The first-order chi connectivity index (χ1) is 9.99. The van der Waals surface area contributed by atoms with Crippen LogP contribution in [0.1, 0.15) is 18.3 Å². The number of fused-ring (bicyclic) bond motifs is 1. The Kier molecular flexibility index (Phi) is 3.59. The first-order valence-corrected chi connectivity index (χ1v) is 7.72. The van der Waals surface area contributed by atoms with Crippen LogP contribution >= 0.6 is 15.9 Å². The number of aryl methyl sites for hydroxylation is 1. The van der Waals surface area contributed by atoms with Crippen molar-refractivity contribution in [3.8, 4) is 0 Å². The summed E-state index contributed by atoms with van der Waals surface area (Å²) in [5.74, 6) is 0.997. The van der Waals surface area contributed by atoms with E-state index in [1.54, 1.807) is 0 Å². The highest BCUT2D eigenvalue weighted by atomic mass is 79.9. The summed E-state index contributed by atoms with van der Waals surface area (Å²) in [6.07, 6.45) is 0.681. The zero-order valence-corrected chi connectivity index (χ0v) is 13.8. The van der Waals surface area contributed by atoms with Crippen molar-refractivity contribution in [3.63, 3.8) is 0 Å². The Morgan fingerprint density at radius 3 is 2.52 bits per heavy atom. The summed E-state index contributed by atoms with van der Waals surface area (Å²) < 4.78 is 3.16. The van der Waals surface area contributed by atoms with Gasteiger partial charge in [-0.1, -0.05) is 46.3 Å². The summed E-state index contributed by atoms with van der Waals surface area (Å²) in [6.45, 7) is 2.05. The minimum absolute atomic E-state index is 0.477. The molecular formula is C17H18BrN3. The highest BCUT2D eigenvalue weighted by Crippen LogP contribution is 2.29. The minimum Gasteiger partial charge on any atom is -0.331 e. The lowest BCUT2D eigenvalue weighted by Gasteiger charge is -2.26. The van der Waals surface area contributed by atoms with E-state index >= 15 is 0 Å². The number of rotatable bonds is 3. The molecule has 0 saturated heterocycles. The number of aromatic nitrogens is 2. The molecule has 0 aliphatic heterocycles. The molecule has 1 heterocycles. The maximum atomic E-state index is 6.58. The number of hydrogen-bond acceptors (Lipinski definition) is 2. The van der Waals surface area contributed by atoms with E-state index in [0.717, 1.165) is 26.9 Å². The number of halogens is 1. The van der Waals surface area contributed by atoms with Crippen LogP contribution in [0.3, 0.4) is 0 Å². The van der Waals surface area contributed by atoms with Gasteiger partial charge in [0.25, 0.3) is 0 Å². The van der Waals surface area contributed by atoms with Gasteiger partial charge < -0.3 is 10.3 Å². The largest absolute Gasteiger partial charge is 0.331 e. The Hall–Kier alpha value is -1.65. The minimum atomic E-state index is -0.477. The molecular weight excluding hydrogens is 326 g/mol. The van der Waals surface area contributed by atoms with E-state index < -0.39 is 5.54 Å². The Labute approximate surface area is 132 Å². The van der Waals surface area contributed by atoms with E-state index in [9.17, 15) is 0 Å². The molecule has 108 valence electrons. The van der Waals surface area contributed by atoms with Gasteiger partial charge in [-0.15, -0.1) is 0 Å². The van der Waals surface area contributed by atoms with E-state index in [1.807, 2.05) is 50.4 Å². The second-order valence-electron chi connectivity index (χ2n) is 5.65. The molecule has 0 aliphatic carbocycles. The monoisotopic (exact) mass is 343 g/mol. The smallest absolute Gasteiger partial charge is 0.111 e. The second-order valence-corrected chi connectivity index (χ2v) is 6.50. The lowest BCUT2D eigenvalue weighted by Crippen LogP contribution is -2.36. The maximum absolute atomic E-state index is 6.58. The van der Waals surface area contributed by atoms with Gasteiger partial charge in [-0.05, 0) is 30.7 Å². The molecule has 0 spiro atoms. The topological polar surface area (TPSA) is 43.8 Å².